The number of ether oxygens (including phenoxy) is 1. The molecule has 0 aliphatic rings. The van der Waals surface area contributed by atoms with Gasteiger partial charge < -0.3 is 9.64 Å². The van der Waals surface area contributed by atoms with Crippen LogP contribution in [0.25, 0.3) is 5.69 Å². The largest absolute Gasteiger partial charge is 0.449 e. The van der Waals surface area contributed by atoms with Crippen molar-refractivity contribution in [2.45, 2.75) is 59.7 Å². The molecule has 1 aromatic heterocycles. The lowest BCUT2D eigenvalue weighted by molar-refractivity contribution is -0.143. The first-order chi connectivity index (χ1) is 12.2. The molecule has 6 heteroatoms. The molecular formula is C20H27N3O3. The van der Waals surface area contributed by atoms with Crippen molar-refractivity contribution < 1.29 is 14.3 Å². The number of esters is 1. The van der Waals surface area contributed by atoms with Crippen LogP contribution in [-0.2, 0) is 9.53 Å². The summed E-state index contributed by atoms with van der Waals surface area (Å²) in [5, 5.41) is 4.23. The number of hydrogen-bond acceptors (Lipinski definition) is 4. The van der Waals surface area contributed by atoms with Gasteiger partial charge in [0.2, 0.25) is 0 Å². The van der Waals surface area contributed by atoms with E-state index >= 15 is 0 Å². The number of aromatic nitrogens is 2. The van der Waals surface area contributed by atoms with E-state index in [9.17, 15) is 9.59 Å². The maximum absolute atomic E-state index is 12.6. The van der Waals surface area contributed by atoms with E-state index in [1.165, 1.54) is 0 Å². The van der Waals surface area contributed by atoms with Crippen LogP contribution in [0.1, 0.15) is 50.7 Å². The molecule has 26 heavy (non-hydrogen) atoms. The van der Waals surface area contributed by atoms with Crippen molar-refractivity contribution in [3.63, 3.8) is 0 Å². The monoisotopic (exact) mass is 357 g/mol. The van der Waals surface area contributed by atoms with Gasteiger partial charge in [0.1, 0.15) is 0 Å². The predicted molar refractivity (Wildman–Crippen MR) is 100 cm³/mol. The van der Waals surface area contributed by atoms with E-state index in [1.54, 1.807) is 47.0 Å². The molecule has 0 spiro atoms. The minimum atomic E-state index is -0.833. The van der Waals surface area contributed by atoms with E-state index in [0.717, 1.165) is 11.4 Å². The molecule has 1 heterocycles. The van der Waals surface area contributed by atoms with Crippen molar-refractivity contribution in [2.24, 2.45) is 0 Å². The standard InChI is InChI=1S/C20H27N3O3/c1-13(2)22(14(3)4)19(24)16(6)26-20(25)17-7-9-18(10-8-17)23-15(5)11-12-21-23/h7-14,16H,1-6H3/t16-/m1/s1. The molecule has 2 rings (SSSR count). The Morgan fingerprint density at radius 3 is 2.04 bits per heavy atom. The summed E-state index contributed by atoms with van der Waals surface area (Å²) in [6.07, 6.45) is 0.889. The minimum Gasteiger partial charge on any atom is -0.449 e. The number of benzene rings is 1. The van der Waals surface area contributed by atoms with Crippen LogP contribution in [0.15, 0.2) is 36.5 Å². The summed E-state index contributed by atoms with van der Waals surface area (Å²) in [7, 11) is 0. The fourth-order valence-electron chi connectivity index (χ4n) is 2.97. The summed E-state index contributed by atoms with van der Waals surface area (Å²) in [5.74, 6) is -0.700. The fourth-order valence-corrected chi connectivity index (χ4v) is 2.97. The second-order valence-corrected chi connectivity index (χ2v) is 6.91. The molecule has 0 unspecified atom stereocenters. The van der Waals surface area contributed by atoms with Gasteiger partial charge in [-0.2, -0.15) is 5.10 Å². The van der Waals surface area contributed by atoms with Crippen LogP contribution in [-0.4, -0.2) is 44.7 Å². The van der Waals surface area contributed by atoms with Gasteiger partial charge in [-0.3, -0.25) is 4.79 Å². The zero-order chi connectivity index (χ0) is 19.4. The number of rotatable bonds is 6. The van der Waals surface area contributed by atoms with Crippen LogP contribution >= 0.6 is 0 Å². The number of nitrogens with zero attached hydrogens (tertiary/aromatic N) is 3. The Hall–Kier alpha value is -2.63. The zero-order valence-electron chi connectivity index (χ0n) is 16.3. The SMILES string of the molecule is Cc1ccnn1-c1ccc(C(=O)O[C@H](C)C(=O)N(C(C)C)C(C)C)cc1. The minimum absolute atomic E-state index is 0.0419. The van der Waals surface area contributed by atoms with E-state index in [0.29, 0.717) is 5.56 Å². The first kappa shape index (κ1) is 19.7. The van der Waals surface area contributed by atoms with E-state index in [1.807, 2.05) is 40.7 Å². The van der Waals surface area contributed by atoms with Gasteiger partial charge in [0.15, 0.2) is 6.10 Å². The normalized spacial score (nSPS) is 12.3. The third kappa shape index (κ3) is 4.31. The van der Waals surface area contributed by atoms with Crippen LogP contribution in [0.5, 0.6) is 0 Å². The van der Waals surface area contributed by atoms with Gasteiger partial charge in [-0.1, -0.05) is 0 Å². The summed E-state index contributed by atoms with van der Waals surface area (Å²) in [6, 6.07) is 8.96. The van der Waals surface area contributed by atoms with Crippen LogP contribution in [0, 0.1) is 6.92 Å². The molecule has 0 saturated carbocycles. The van der Waals surface area contributed by atoms with Gasteiger partial charge >= 0.3 is 5.97 Å². The van der Waals surface area contributed by atoms with E-state index in [4.69, 9.17) is 4.74 Å². The summed E-state index contributed by atoms with van der Waals surface area (Å²) in [6.45, 7) is 11.4. The van der Waals surface area contributed by atoms with Crippen molar-refractivity contribution in [1.29, 1.82) is 0 Å². The lowest BCUT2D eigenvalue weighted by Gasteiger charge is -2.32. The fraction of sp³-hybridized carbons (Fsp3) is 0.450. The molecule has 0 fully saturated rings. The quantitative estimate of drug-likeness (QED) is 0.744. The van der Waals surface area contributed by atoms with E-state index < -0.39 is 12.1 Å². The number of aryl methyl sites for hydroxylation is 1. The average molecular weight is 357 g/mol. The van der Waals surface area contributed by atoms with Crippen molar-refractivity contribution in [3.8, 4) is 5.69 Å². The lowest BCUT2D eigenvalue weighted by atomic mass is 10.2. The maximum atomic E-state index is 12.6. The topological polar surface area (TPSA) is 64.4 Å². The molecule has 1 amide bonds. The summed E-state index contributed by atoms with van der Waals surface area (Å²) in [4.78, 5) is 26.7. The Morgan fingerprint density at radius 1 is 1.00 bits per heavy atom. The van der Waals surface area contributed by atoms with Crippen molar-refractivity contribution in [1.82, 2.24) is 14.7 Å². The van der Waals surface area contributed by atoms with Crippen molar-refractivity contribution in [3.05, 3.63) is 47.8 Å². The molecule has 6 nitrogen and oxygen atoms in total. The molecule has 2 aromatic rings. The van der Waals surface area contributed by atoms with Crippen LogP contribution in [0.4, 0.5) is 0 Å². The molecule has 1 atom stereocenters. The van der Waals surface area contributed by atoms with Crippen molar-refractivity contribution in [2.75, 3.05) is 0 Å². The van der Waals surface area contributed by atoms with Gasteiger partial charge in [0.25, 0.3) is 5.91 Å². The van der Waals surface area contributed by atoms with Gasteiger partial charge in [-0.25, -0.2) is 9.48 Å². The molecule has 0 bridgehead atoms. The first-order valence-corrected chi connectivity index (χ1v) is 8.86. The lowest BCUT2D eigenvalue weighted by Crippen LogP contribution is -2.47. The summed E-state index contributed by atoms with van der Waals surface area (Å²) < 4.78 is 7.16. The van der Waals surface area contributed by atoms with Crippen LogP contribution in [0.2, 0.25) is 0 Å². The zero-order valence-corrected chi connectivity index (χ0v) is 16.3. The van der Waals surface area contributed by atoms with Crippen LogP contribution < -0.4 is 0 Å². The Bertz CT molecular complexity index is 755. The third-order valence-corrected chi connectivity index (χ3v) is 4.18. The molecule has 140 valence electrons. The highest BCUT2D eigenvalue weighted by atomic mass is 16.5. The molecule has 1 aromatic carbocycles. The molecule has 0 N–H and O–H groups in total. The highest BCUT2D eigenvalue weighted by Gasteiger charge is 2.27. The van der Waals surface area contributed by atoms with E-state index in [-0.39, 0.29) is 18.0 Å². The van der Waals surface area contributed by atoms with Gasteiger partial charge in [-0.15, -0.1) is 0 Å². The second-order valence-electron chi connectivity index (χ2n) is 6.91. The summed E-state index contributed by atoms with van der Waals surface area (Å²) in [5.41, 5.74) is 2.26. The van der Waals surface area contributed by atoms with Gasteiger partial charge in [-0.05, 0) is 71.9 Å². The molecule has 0 radical (unpaired) electrons. The smallest absolute Gasteiger partial charge is 0.338 e. The highest BCUT2D eigenvalue weighted by Crippen LogP contribution is 2.14. The van der Waals surface area contributed by atoms with Crippen LogP contribution in [0.3, 0.4) is 0 Å². The number of carbonyl (C=O) groups excluding carboxylic acids is 2. The molecular weight excluding hydrogens is 330 g/mol. The van der Waals surface area contributed by atoms with Gasteiger partial charge in [0.05, 0.1) is 11.3 Å². The Balaban J connectivity index is 2.07. The second kappa shape index (κ2) is 8.17. The average Bonchev–Trinajstić information content (AvgIpc) is 3.00. The summed E-state index contributed by atoms with van der Waals surface area (Å²) >= 11 is 0. The molecule has 0 aliphatic carbocycles. The van der Waals surface area contributed by atoms with E-state index in [2.05, 4.69) is 5.10 Å². The predicted octanol–water partition coefficient (Wildman–Crippen LogP) is 3.37. The first-order valence-electron chi connectivity index (χ1n) is 8.86. The Kier molecular flexibility index (Phi) is 6.18. The Labute approximate surface area is 154 Å². The number of carbonyl (C=O) groups is 2. The van der Waals surface area contributed by atoms with Crippen molar-refractivity contribution >= 4 is 11.9 Å². The highest BCUT2D eigenvalue weighted by molar-refractivity contribution is 5.92. The molecule has 0 saturated heterocycles. The van der Waals surface area contributed by atoms with Gasteiger partial charge in [0, 0.05) is 24.0 Å². The Morgan fingerprint density at radius 2 is 1.58 bits per heavy atom. The third-order valence-electron chi connectivity index (χ3n) is 4.18. The maximum Gasteiger partial charge on any atom is 0.338 e. The number of amides is 1. The number of hydrogen-bond donors (Lipinski definition) is 0. The molecule has 0 aliphatic heterocycles.